The highest BCUT2D eigenvalue weighted by molar-refractivity contribution is 7.91. The topological polar surface area (TPSA) is 79.6 Å². The first-order chi connectivity index (χ1) is 13.9. The summed E-state index contributed by atoms with van der Waals surface area (Å²) in [4.78, 5) is 14.3. The molecule has 29 heavy (non-hydrogen) atoms. The van der Waals surface area contributed by atoms with Crippen molar-refractivity contribution in [3.8, 4) is 11.3 Å². The van der Waals surface area contributed by atoms with Crippen molar-refractivity contribution in [3.05, 3.63) is 65.5 Å². The Bertz CT molecular complexity index is 1100. The van der Waals surface area contributed by atoms with E-state index in [2.05, 4.69) is 4.72 Å². The average molecular weight is 435 g/mol. The molecule has 3 heterocycles. The van der Waals surface area contributed by atoms with Gasteiger partial charge in [-0.25, -0.2) is 17.5 Å². The van der Waals surface area contributed by atoms with Crippen LogP contribution in [0.5, 0.6) is 0 Å². The number of hydrogen-bond donors (Lipinski definition) is 1. The van der Waals surface area contributed by atoms with Crippen LogP contribution >= 0.6 is 11.3 Å². The van der Waals surface area contributed by atoms with Crippen LogP contribution in [0.3, 0.4) is 0 Å². The number of sulfonamides is 1. The molecule has 0 radical (unpaired) electrons. The van der Waals surface area contributed by atoms with Gasteiger partial charge in [0.2, 0.25) is 10.0 Å². The number of likely N-dealkylation sites (tertiary alicyclic amines) is 1. The summed E-state index contributed by atoms with van der Waals surface area (Å²) in [6.07, 6.45) is 1.02. The van der Waals surface area contributed by atoms with Gasteiger partial charge in [-0.15, -0.1) is 11.3 Å². The van der Waals surface area contributed by atoms with Crippen molar-refractivity contribution < 1.29 is 22.0 Å². The molecule has 6 nitrogen and oxygen atoms in total. The highest BCUT2D eigenvalue weighted by Crippen LogP contribution is 2.26. The highest BCUT2D eigenvalue weighted by atomic mass is 32.2. The Balaban J connectivity index is 1.38. The largest absolute Gasteiger partial charge is 0.451 e. The fourth-order valence-electron chi connectivity index (χ4n) is 3.31. The average Bonchev–Trinajstić information content (AvgIpc) is 3.41. The maximum atomic E-state index is 13.9. The summed E-state index contributed by atoms with van der Waals surface area (Å²) in [5, 5.41) is 1.72. The summed E-state index contributed by atoms with van der Waals surface area (Å²) in [7, 11) is -3.53. The molecule has 4 rings (SSSR count). The molecule has 0 bridgehead atoms. The third-order valence-electron chi connectivity index (χ3n) is 4.82. The van der Waals surface area contributed by atoms with Gasteiger partial charge in [0.25, 0.3) is 5.91 Å². The van der Waals surface area contributed by atoms with Crippen LogP contribution < -0.4 is 4.72 Å². The molecule has 1 amide bonds. The van der Waals surface area contributed by atoms with E-state index >= 15 is 0 Å². The molecule has 1 N–H and O–H groups in total. The molecular formula is C20H19FN2O4S2. The Morgan fingerprint density at radius 3 is 2.55 bits per heavy atom. The molecule has 152 valence electrons. The number of piperidine rings is 1. The van der Waals surface area contributed by atoms with Gasteiger partial charge in [-0.2, -0.15) is 0 Å². The minimum absolute atomic E-state index is 0.140. The van der Waals surface area contributed by atoms with Crippen LogP contribution in [0.4, 0.5) is 4.39 Å². The van der Waals surface area contributed by atoms with Crippen molar-refractivity contribution in [2.45, 2.75) is 23.1 Å². The van der Waals surface area contributed by atoms with E-state index in [9.17, 15) is 17.6 Å². The Kier molecular flexibility index (Phi) is 5.53. The second kappa shape index (κ2) is 8.10. The van der Waals surface area contributed by atoms with Crippen molar-refractivity contribution >= 4 is 27.3 Å². The molecule has 0 atom stereocenters. The lowest BCUT2D eigenvalue weighted by molar-refractivity contribution is 0.0680. The standard InChI is InChI=1S/C20H19FN2O4S2/c21-16-5-2-1-4-15(16)17-7-8-18(27-17)20(24)23-11-9-14(10-12-23)22-29(25,26)19-6-3-13-28-19/h1-8,13-14,22H,9-12H2. The van der Waals surface area contributed by atoms with Crippen molar-refractivity contribution in [2.24, 2.45) is 0 Å². The van der Waals surface area contributed by atoms with Gasteiger partial charge in [-0.3, -0.25) is 4.79 Å². The lowest BCUT2D eigenvalue weighted by Gasteiger charge is -2.31. The normalized spacial score (nSPS) is 15.6. The van der Waals surface area contributed by atoms with Gasteiger partial charge in [-0.05, 0) is 48.6 Å². The third kappa shape index (κ3) is 4.26. The zero-order valence-corrected chi connectivity index (χ0v) is 17.0. The number of nitrogens with zero attached hydrogens (tertiary/aromatic N) is 1. The van der Waals surface area contributed by atoms with Crippen molar-refractivity contribution in [2.75, 3.05) is 13.1 Å². The fourth-order valence-corrected chi connectivity index (χ4v) is 5.62. The number of carbonyl (C=O) groups is 1. The zero-order valence-electron chi connectivity index (χ0n) is 15.4. The second-order valence-corrected chi connectivity index (χ2v) is 9.65. The fraction of sp³-hybridized carbons (Fsp3) is 0.250. The number of nitrogens with one attached hydrogen (secondary N) is 1. The van der Waals surface area contributed by atoms with Gasteiger partial charge in [0.05, 0.1) is 5.56 Å². The molecule has 3 aromatic rings. The number of hydrogen-bond acceptors (Lipinski definition) is 5. The van der Waals surface area contributed by atoms with E-state index in [4.69, 9.17) is 4.42 Å². The van der Waals surface area contributed by atoms with Crippen LogP contribution in [0.15, 0.2) is 62.5 Å². The van der Waals surface area contributed by atoms with Crippen molar-refractivity contribution in [1.82, 2.24) is 9.62 Å². The molecule has 1 aliphatic rings. The van der Waals surface area contributed by atoms with Crippen LogP contribution in [0.1, 0.15) is 23.4 Å². The van der Waals surface area contributed by atoms with Crippen LogP contribution in [0, 0.1) is 5.82 Å². The van der Waals surface area contributed by atoms with Gasteiger partial charge in [0.15, 0.2) is 5.76 Å². The smallest absolute Gasteiger partial charge is 0.289 e. The number of furan rings is 1. The van der Waals surface area contributed by atoms with Crippen LogP contribution in [0.25, 0.3) is 11.3 Å². The Morgan fingerprint density at radius 2 is 1.86 bits per heavy atom. The third-order valence-corrected chi connectivity index (χ3v) is 7.74. The molecular weight excluding hydrogens is 415 g/mol. The van der Waals surface area contributed by atoms with E-state index in [0.717, 1.165) is 0 Å². The zero-order chi connectivity index (χ0) is 20.4. The van der Waals surface area contributed by atoms with Gasteiger partial charge < -0.3 is 9.32 Å². The van der Waals surface area contributed by atoms with Crippen molar-refractivity contribution in [3.63, 3.8) is 0 Å². The highest BCUT2D eigenvalue weighted by Gasteiger charge is 2.28. The number of carbonyl (C=O) groups excluding carboxylic acids is 1. The maximum Gasteiger partial charge on any atom is 0.289 e. The molecule has 9 heteroatoms. The van der Waals surface area contributed by atoms with Crippen LogP contribution in [0.2, 0.25) is 0 Å². The molecule has 2 aromatic heterocycles. The Morgan fingerprint density at radius 1 is 1.10 bits per heavy atom. The first-order valence-electron chi connectivity index (χ1n) is 9.14. The summed E-state index contributed by atoms with van der Waals surface area (Å²) in [6.45, 7) is 0.818. The molecule has 0 spiro atoms. The molecule has 1 saturated heterocycles. The SMILES string of the molecule is O=C(c1ccc(-c2ccccc2F)o1)N1CCC(NS(=O)(=O)c2cccs2)CC1. The quantitative estimate of drug-likeness (QED) is 0.664. The van der Waals surface area contributed by atoms with Gasteiger partial charge in [-0.1, -0.05) is 18.2 Å². The lowest BCUT2D eigenvalue weighted by atomic mass is 10.1. The van der Waals surface area contributed by atoms with E-state index in [-0.39, 0.29) is 21.9 Å². The van der Waals surface area contributed by atoms with Gasteiger partial charge in [0.1, 0.15) is 15.8 Å². The molecule has 1 fully saturated rings. The van der Waals surface area contributed by atoms with E-state index in [1.165, 1.54) is 23.5 Å². The number of rotatable bonds is 5. The minimum Gasteiger partial charge on any atom is -0.451 e. The molecule has 1 aliphatic heterocycles. The number of thiophene rings is 1. The summed E-state index contributed by atoms with van der Waals surface area (Å²) in [6, 6.07) is 12.4. The van der Waals surface area contributed by atoms with Gasteiger partial charge in [0, 0.05) is 19.1 Å². The summed E-state index contributed by atoms with van der Waals surface area (Å²) in [5.74, 6) is -0.266. The molecule has 0 saturated carbocycles. The number of halogens is 1. The molecule has 0 unspecified atom stereocenters. The summed E-state index contributed by atoms with van der Waals surface area (Å²) >= 11 is 1.17. The van der Waals surface area contributed by atoms with Crippen molar-refractivity contribution in [1.29, 1.82) is 0 Å². The maximum absolute atomic E-state index is 13.9. The van der Waals surface area contributed by atoms with Crippen LogP contribution in [-0.4, -0.2) is 38.4 Å². The minimum atomic E-state index is -3.53. The second-order valence-electron chi connectivity index (χ2n) is 6.76. The Labute approximate surface area is 172 Å². The van der Waals surface area contributed by atoms with E-state index in [1.54, 1.807) is 46.7 Å². The molecule has 0 aliphatic carbocycles. The lowest BCUT2D eigenvalue weighted by Crippen LogP contribution is -2.46. The van der Waals surface area contributed by atoms with E-state index in [0.29, 0.717) is 37.3 Å². The van der Waals surface area contributed by atoms with Crippen LogP contribution in [-0.2, 0) is 10.0 Å². The first kappa shape index (κ1) is 19.8. The predicted molar refractivity (Wildman–Crippen MR) is 108 cm³/mol. The number of amides is 1. The molecule has 1 aromatic carbocycles. The first-order valence-corrected chi connectivity index (χ1v) is 11.5. The number of benzene rings is 1. The predicted octanol–water partition coefficient (Wildman–Crippen LogP) is 3.73. The summed E-state index contributed by atoms with van der Waals surface area (Å²) < 4.78 is 47.2. The van der Waals surface area contributed by atoms with Gasteiger partial charge >= 0.3 is 0 Å². The van der Waals surface area contributed by atoms with E-state index < -0.39 is 15.8 Å². The monoisotopic (exact) mass is 434 g/mol. The Hall–Kier alpha value is -2.49. The summed E-state index contributed by atoms with van der Waals surface area (Å²) in [5.41, 5.74) is 0.299. The van der Waals surface area contributed by atoms with E-state index in [1.807, 2.05) is 0 Å².